The number of hydrogen-bond acceptors (Lipinski definition) is 7. The van der Waals surface area contributed by atoms with Crippen molar-refractivity contribution >= 4 is 23.7 Å². The van der Waals surface area contributed by atoms with Gasteiger partial charge in [-0.05, 0) is 48.1 Å². The molecule has 2 atom stereocenters. The fourth-order valence-corrected chi connectivity index (χ4v) is 5.04. The molecule has 1 saturated heterocycles. The lowest BCUT2D eigenvalue weighted by Gasteiger charge is -2.35. The van der Waals surface area contributed by atoms with Gasteiger partial charge in [-0.3, -0.25) is 4.57 Å². The SMILES string of the molecule is COC(=O)c1ccc(CSc2nnc(N3CC(C)CC(C)C3)n2Cc2ccco2)cc1. The van der Waals surface area contributed by atoms with Crippen molar-refractivity contribution in [2.75, 3.05) is 25.1 Å². The van der Waals surface area contributed by atoms with Crippen LogP contribution in [0.2, 0.25) is 0 Å². The standard InChI is InChI=1S/C23H28N4O3S/c1-16-11-17(2)13-26(12-16)22-24-25-23(27(22)14-20-5-4-10-30-20)31-15-18-6-8-19(9-7-18)21(28)29-3/h4-10,16-17H,11-15H2,1-3H3. The van der Waals surface area contributed by atoms with E-state index in [0.717, 1.165) is 41.3 Å². The molecule has 7 nitrogen and oxygen atoms in total. The zero-order valence-electron chi connectivity index (χ0n) is 18.2. The molecular weight excluding hydrogens is 412 g/mol. The topological polar surface area (TPSA) is 73.4 Å². The first-order chi connectivity index (χ1) is 15.0. The van der Waals surface area contributed by atoms with Gasteiger partial charge in [0, 0.05) is 18.8 Å². The number of anilines is 1. The molecule has 31 heavy (non-hydrogen) atoms. The van der Waals surface area contributed by atoms with Crippen LogP contribution < -0.4 is 4.90 Å². The summed E-state index contributed by atoms with van der Waals surface area (Å²) >= 11 is 1.63. The van der Waals surface area contributed by atoms with E-state index in [9.17, 15) is 4.79 Å². The van der Waals surface area contributed by atoms with E-state index < -0.39 is 0 Å². The molecule has 3 heterocycles. The predicted molar refractivity (Wildman–Crippen MR) is 120 cm³/mol. The van der Waals surface area contributed by atoms with Gasteiger partial charge in [0.2, 0.25) is 5.95 Å². The number of carbonyl (C=O) groups is 1. The molecule has 1 fully saturated rings. The molecule has 1 aliphatic heterocycles. The Morgan fingerprint density at radius 2 is 1.90 bits per heavy atom. The van der Waals surface area contributed by atoms with E-state index in [1.807, 2.05) is 24.3 Å². The maximum absolute atomic E-state index is 11.6. The Hall–Kier alpha value is -2.74. The van der Waals surface area contributed by atoms with E-state index in [-0.39, 0.29) is 5.97 Å². The molecule has 3 aromatic rings. The number of esters is 1. The largest absolute Gasteiger partial charge is 0.467 e. The highest BCUT2D eigenvalue weighted by atomic mass is 32.2. The summed E-state index contributed by atoms with van der Waals surface area (Å²) in [7, 11) is 1.39. The van der Waals surface area contributed by atoms with Gasteiger partial charge in [-0.2, -0.15) is 0 Å². The van der Waals surface area contributed by atoms with E-state index in [0.29, 0.717) is 23.9 Å². The zero-order chi connectivity index (χ0) is 21.8. The van der Waals surface area contributed by atoms with E-state index in [1.165, 1.54) is 13.5 Å². The molecule has 0 amide bonds. The molecule has 8 heteroatoms. The number of aromatic nitrogens is 3. The summed E-state index contributed by atoms with van der Waals surface area (Å²) in [6, 6.07) is 11.3. The molecule has 0 bridgehead atoms. The second kappa shape index (κ2) is 9.60. The van der Waals surface area contributed by atoms with Gasteiger partial charge in [0.05, 0.1) is 25.5 Å². The van der Waals surface area contributed by atoms with Crippen molar-refractivity contribution in [3.05, 3.63) is 59.5 Å². The van der Waals surface area contributed by atoms with Gasteiger partial charge in [-0.25, -0.2) is 4.79 Å². The minimum atomic E-state index is -0.327. The van der Waals surface area contributed by atoms with E-state index in [2.05, 4.69) is 33.5 Å². The van der Waals surface area contributed by atoms with Crippen LogP contribution in [0.1, 0.15) is 41.9 Å². The average Bonchev–Trinajstić information content (AvgIpc) is 3.42. The molecule has 2 unspecified atom stereocenters. The van der Waals surface area contributed by atoms with Crippen molar-refractivity contribution in [1.29, 1.82) is 0 Å². The molecule has 0 radical (unpaired) electrons. The molecule has 4 rings (SSSR count). The third-order valence-corrected chi connectivity index (χ3v) is 6.52. The summed E-state index contributed by atoms with van der Waals surface area (Å²) in [5.74, 6) is 3.43. The Morgan fingerprint density at radius 1 is 1.16 bits per heavy atom. The normalized spacial score (nSPS) is 18.9. The first-order valence-corrected chi connectivity index (χ1v) is 11.5. The lowest BCUT2D eigenvalue weighted by Crippen LogP contribution is -2.40. The van der Waals surface area contributed by atoms with Crippen LogP contribution in [0.15, 0.2) is 52.2 Å². The van der Waals surface area contributed by atoms with Gasteiger partial charge >= 0.3 is 5.97 Å². The molecule has 1 aliphatic rings. The first kappa shape index (κ1) is 21.5. The number of nitrogens with zero attached hydrogens (tertiary/aromatic N) is 4. The molecule has 0 spiro atoms. The summed E-state index contributed by atoms with van der Waals surface area (Å²) in [4.78, 5) is 14.0. The van der Waals surface area contributed by atoms with E-state index in [4.69, 9.17) is 9.15 Å². The van der Waals surface area contributed by atoms with Crippen molar-refractivity contribution in [2.24, 2.45) is 11.8 Å². The van der Waals surface area contributed by atoms with Crippen LogP contribution in [0, 0.1) is 11.8 Å². The minimum Gasteiger partial charge on any atom is -0.467 e. The summed E-state index contributed by atoms with van der Waals surface area (Å²) in [5, 5.41) is 9.94. The van der Waals surface area contributed by atoms with E-state index in [1.54, 1.807) is 30.2 Å². The summed E-state index contributed by atoms with van der Waals surface area (Å²) in [6.45, 7) is 7.16. The quantitative estimate of drug-likeness (QED) is 0.396. The number of hydrogen-bond donors (Lipinski definition) is 0. The highest BCUT2D eigenvalue weighted by molar-refractivity contribution is 7.98. The second-order valence-electron chi connectivity index (χ2n) is 8.28. The Morgan fingerprint density at radius 3 is 2.55 bits per heavy atom. The van der Waals surface area contributed by atoms with Gasteiger partial charge in [-0.15, -0.1) is 10.2 Å². The van der Waals surface area contributed by atoms with Gasteiger partial charge in [0.25, 0.3) is 0 Å². The van der Waals surface area contributed by atoms with Crippen LogP contribution in [-0.2, 0) is 17.0 Å². The lowest BCUT2D eigenvalue weighted by molar-refractivity contribution is 0.0600. The summed E-state index contributed by atoms with van der Waals surface area (Å²) in [6.07, 6.45) is 2.94. The van der Waals surface area contributed by atoms with Crippen molar-refractivity contribution in [3.63, 3.8) is 0 Å². The fraction of sp³-hybridized carbons (Fsp3) is 0.435. The van der Waals surface area contributed by atoms with Crippen molar-refractivity contribution in [2.45, 2.75) is 37.7 Å². The molecule has 0 aliphatic carbocycles. The predicted octanol–water partition coefficient (Wildman–Crippen LogP) is 4.48. The number of ether oxygens (including phenoxy) is 1. The maximum Gasteiger partial charge on any atom is 0.337 e. The summed E-state index contributed by atoms with van der Waals surface area (Å²) in [5.41, 5.74) is 1.65. The van der Waals surface area contributed by atoms with Crippen molar-refractivity contribution in [3.8, 4) is 0 Å². The Bertz CT molecular complexity index is 991. The summed E-state index contributed by atoms with van der Waals surface area (Å²) < 4.78 is 12.5. The Balaban J connectivity index is 1.54. The highest BCUT2D eigenvalue weighted by Crippen LogP contribution is 2.30. The van der Waals surface area contributed by atoms with Crippen LogP contribution in [0.25, 0.3) is 0 Å². The fourth-order valence-electron chi connectivity index (χ4n) is 4.15. The Labute approximate surface area is 186 Å². The van der Waals surface area contributed by atoms with Gasteiger partial charge in [-0.1, -0.05) is 37.7 Å². The average molecular weight is 441 g/mol. The highest BCUT2D eigenvalue weighted by Gasteiger charge is 2.27. The Kier molecular flexibility index (Phi) is 6.65. The van der Waals surface area contributed by atoms with Crippen LogP contribution in [0.3, 0.4) is 0 Å². The minimum absolute atomic E-state index is 0.327. The van der Waals surface area contributed by atoms with Crippen LogP contribution in [-0.4, -0.2) is 40.9 Å². The van der Waals surface area contributed by atoms with Gasteiger partial charge in [0.1, 0.15) is 5.76 Å². The van der Waals surface area contributed by atoms with Crippen LogP contribution >= 0.6 is 11.8 Å². The molecule has 164 valence electrons. The number of benzene rings is 1. The monoisotopic (exact) mass is 440 g/mol. The second-order valence-corrected chi connectivity index (χ2v) is 9.22. The maximum atomic E-state index is 11.6. The number of piperidine rings is 1. The molecular formula is C23H28N4O3S. The van der Waals surface area contributed by atoms with Crippen molar-refractivity contribution in [1.82, 2.24) is 14.8 Å². The van der Waals surface area contributed by atoms with Crippen LogP contribution in [0.5, 0.6) is 0 Å². The van der Waals surface area contributed by atoms with Gasteiger partial charge < -0.3 is 14.1 Å². The van der Waals surface area contributed by atoms with Crippen molar-refractivity contribution < 1.29 is 13.9 Å². The number of methoxy groups -OCH3 is 1. The number of carbonyl (C=O) groups excluding carboxylic acids is 1. The smallest absolute Gasteiger partial charge is 0.337 e. The lowest BCUT2D eigenvalue weighted by atomic mass is 9.92. The third kappa shape index (κ3) is 5.12. The molecule has 0 saturated carbocycles. The van der Waals surface area contributed by atoms with Gasteiger partial charge in [0.15, 0.2) is 5.16 Å². The molecule has 2 aromatic heterocycles. The number of thioether (sulfide) groups is 1. The first-order valence-electron chi connectivity index (χ1n) is 10.5. The van der Waals surface area contributed by atoms with E-state index >= 15 is 0 Å². The molecule has 0 N–H and O–H groups in total. The number of furan rings is 1. The number of rotatable bonds is 7. The van der Waals surface area contributed by atoms with Crippen LogP contribution in [0.4, 0.5) is 5.95 Å². The zero-order valence-corrected chi connectivity index (χ0v) is 19.0. The third-order valence-electron chi connectivity index (χ3n) is 5.49. The molecule has 1 aromatic carbocycles.